The van der Waals surface area contributed by atoms with Crippen LogP contribution in [0.2, 0.25) is 0 Å². The quantitative estimate of drug-likeness (QED) is 0.748. The van der Waals surface area contributed by atoms with Crippen molar-refractivity contribution in [1.29, 1.82) is 5.26 Å². The van der Waals surface area contributed by atoms with Crippen LogP contribution in [0, 0.1) is 22.7 Å². The maximum atomic E-state index is 12.7. The molecular weight excluding hydrogens is 181 g/mol. The summed E-state index contributed by atoms with van der Waals surface area (Å²) in [5.41, 5.74) is -0.478. The molecular formula is C10H12FN3. The average Bonchev–Trinajstić information content (AvgIpc) is 2.15. The second kappa shape index (κ2) is 4.05. The highest BCUT2D eigenvalue weighted by Gasteiger charge is 2.16. The Hall–Kier alpha value is -1.63. The molecule has 1 N–H and O–H groups in total. The molecule has 0 aromatic carbocycles. The van der Waals surface area contributed by atoms with E-state index in [-0.39, 0.29) is 0 Å². The Morgan fingerprint density at radius 2 is 2.29 bits per heavy atom. The molecule has 0 amide bonds. The fourth-order valence-electron chi connectivity index (χ4n) is 0.858. The topological polar surface area (TPSA) is 48.7 Å². The lowest BCUT2D eigenvalue weighted by Crippen LogP contribution is -2.21. The van der Waals surface area contributed by atoms with E-state index in [1.54, 1.807) is 26.0 Å². The van der Waals surface area contributed by atoms with Crippen LogP contribution in [0.25, 0.3) is 0 Å². The molecule has 0 saturated carbocycles. The van der Waals surface area contributed by atoms with Gasteiger partial charge in [-0.15, -0.1) is 0 Å². The maximum absolute atomic E-state index is 12.7. The lowest BCUT2D eigenvalue weighted by Gasteiger charge is -2.15. The average molecular weight is 193 g/mol. The van der Waals surface area contributed by atoms with Crippen molar-refractivity contribution in [3.05, 3.63) is 24.1 Å². The minimum absolute atomic E-state index is 0.444. The van der Waals surface area contributed by atoms with Gasteiger partial charge in [-0.2, -0.15) is 9.65 Å². The predicted octanol–water partition coefficient (Wildman–Crippen LogP) is 2.18. The van der Waals surface area contributed by atoms with E-state index in [9.17, 15) is 4.39 Å². The van der Waals surface area contributed by atoms with Crippen LogP contribution >= 0.6 is 0 Å². The summed E-state index contributed by atoms with van der Waals surface area (Å²) in [5.74, 6) is -0.0712. The van der Waals surface area contributed by atoms with Crippen molar-refractivity contribution in [2.24, 2.45) is 5.41 Å². The molecule has 0 spiro atoms. The van der Waals surface area contributed by atoms with E-state index in [1.165, 1.54) is 6.07 Å². The van der Waals surface area contributed by atoms with Gasteiger partial charge in [0.2, 0.25) is 5.95 Å². The van der Waals surface area contributed by atoms with Crippen molar-refractivity contribution < 1.29 is 4.39 Å². The summed E-state index contributed by atoms with van der Waals surface area (Å²) < 4.78 is 12.7. The number of hydrogen-bond donors (Lipinski definition) is 1. The fraction of sp³-hybridized carbons (Fsp3) is 0.400. The normalized spacial score (nSPS) is 10.7. The molecule has 0 aliphatic carbocycles. The number of halogens is 1. The Kier molecular flexibility index (Phi) is 3.03. The van der Waals surface area contributed by atoms with E-state index in [1.807, 2.05) is 0 Å². The highest BCUT2D eigenvalue weighted by atomic mass is 19.1. The molecule has 0 bridgehead atoms. The van der Waals surface area contributed by atoms with E-state index in [4.69, 9.17) is 5.26 Å². The van der Waals surface area contributed by atoms with Gasteiger partial charge >= 0.3 is 0 Å². The Bertz CT molecular complexity index is 355. The summed E-state index contributed by atoms with van der Waals surface area (Å²) in [6, 6.07) is 6.66. The van der Waals surface area contributed by atoms with Gasteiger partial charge in [0.05, 0.1) is 11.5 Å². The summed E-state index contributed by atoms with van der Waals surface area (Å²) in [5, 5.41) is 11.6. The lowest BCUT2D eigenvalue weighted by atomic mass is 9.96. The van der Waals surface area contributed by atoms with Gasteiger partial charge in [0, 0.05) is 6.54 Å². The first kappa shape index (κ1) is 10.5. The molecule has 1 heterocycles. The number of anilines is 1. The van der Waals surface area contributed by atoms with E-state index in [0.717, 1.165) is 0 Å². The number of nitrogens with zero attached hydrogens (tertiary/aromatic N) is 2. The zero-order chi connectivity index (χ0) is 10.6. The standard InChI is InChI=1S/C10H12FN3/c1-10(2,6-12)7-13-9-5-3-4-8(11)14-9/h3-5H,7H2,1-2H3,(H,13,14). The molecule has 0 radical (unpaired) electrons. The molecule has 14 heavy (non-hydrogen) atoms. The van der Waals surface area contributed by atoms with Crippen molar-refractivity contribution in [2.75, 3.05) is 11.9 Å². The number of hydrogen-bond acceptors (Lipinski definition) is 3. The number of aromatic nitrogens is 1. The second-order valence-corrected chi connectivity index (χ2v) is 3.69. The molecule has 0 unspecified atom stereocenters. The number of pyridine rings is 1. The van der Waals surface area contributed by atoms with E-state index < -0.39 is 11.4 Å². The summed E-state index contributed by atoms with van der Waals surface area (Å²) in [7, 11) is 0. The van der Waals surface area contributed by atoms with Crippen LogP contribution < -0.4 is 5.32 Å². The number of nitriles is 1. The molecule has 1 aromatic rings. The first-order valence-electron chi connectivity index (χ1n) is 4.31. The predicted molar refractivity (Wildman–Crippen MR) is 52.1 cm³/mol. The van der Waals surface area contributed by atoms with Crippen LogP contribution in [-0.2, 0) is 0 Å². The zero-order valence-corrected chi connectivity index (χ0v) is 8.21. The van der Waals surface area contributed by atoms with Crippen molar-refractivity contribution in [3.63, 3.8) is 0 Å². The molecule has 0 aliphatic rings. The summed E-state index contributed by atoms with van der Waals surface area (Å²) >= 11 is 0. The van der Waals surface area contributed by atoms with Gasteiger partial charge in [-0.05, 0) is 26.0 Å². The third kappa shape index (κ3) is 3.02. The molecule has 0 saturated heterocycles. The first-order valence-corrected chi connectivity index (χ1v) is 4.31. The second-order valence-electron chi connectivity index (χ2n) is 3.69. The van der Waals surface area contributed by atoms with E-state index in [0.29, 0.717) is 12.4 Å². The van der Waals surface area contributed by atoms with E-state index in [2.05, 4.69) is 16.4 Å². The Morgan fingerprint density at radius 3 is 2.86 bits per heavy atom. The van der Waals surface area contributed by atoms with Crippen LogP contribution in [0.5, 0.6) is 0 Å². The minimum Gasteiger partial charge on any atom is -0.368 e. The monoisotopic (exact) mass is 193 g/mol. The smallest absolute Gasteiger partial charge is 0.214 e. The first-order chi connectivity index (χ1) is 6.53. The third-order valence-electron chi connectivity index (χ3n) is 1.73. The van der Waals surface area contributed by atoms with Crippen LogP contribution in [0.4, 0.5) is 10.2 Å². The molecule has 0 atom stereocenters. The number of nitrogens with one attached hydrogen (secondary N) is 1. The molecule has 4 heteroatoms. The maximum Gasteiger partial charge on any atom is 0.214 e. The van der Waals surface area contributed by atoms with Gasteiger partial charge in [0.25, 0.3) is 0 Å². The van der Waals surface area contributed by atoms with Crippen molar-refractivity contribution in [2.45, 2.75) is 13.8 Å². The Balaban J connectivity index is 2.59. The van der Waals surface area contributed by atoms with E-state index >= 15 is 0 Å². The molecule has 0 fully saturated rings. The lowest BCUT2D eigenvalue weighted by molar-refractivity contribution is 0.525. The summed E-state index contributed by atoms with van der Waals surface area (Å²) in [6.45, 7) is 4.05. The van der Waals surface area contributed by atoms with Crippen molar-refractivity contribution in [1.82, 2.24) is 4.98 Å². The van der Waals surface area contributed by atoms with Crippen molar-refractivity contribution in [3.8, 4) is 6.07 Å². The largest absolute Gasteiger partial charge is 0.368 e. The van der Waals surface area contributed by atoms with Gasteiger partial charge in [-0.3, -0.25) is 0 Å². The highest BCUT2D eigenvalue weighted by Crippen LogP contribution is 2.14. The Morgan fingerprint density at radius 1 is 1.57 bits per heavy atom. The van der Waals surface area contributed by atoms with Crippen LogP contribution in [-0.4, -0.2) is 11.5 Å². The summed E-state index contributed by atoms with van der Waals surface area (Å²) in [6.07, 6.45) is 0. The van der Waals surface area contributed by atoms with Gasteiger partial charge in [-0.25, -0.2) is 4.98 Å². The van der Waals surface area contributed by atoms with Gasteiger partial charge in [0.1, 0.15) is 5.82 Å². The number of rotatable bonds is 3. The third-order valence-corrected chi connectivity index (χ3v) is 1.73. The molecule has 0 aliphatic heterocycles. The Labute approximate surface area is 82.6 Å². The highest BCUT2D eigenvalue weighted by molar-refractivity contribution is 5.34. The molecule has 1 rings (SSSR count). The molecule has 74 valence electrons. The SMILES string of the molecule is CC(C)(C#N)CNc1cccc(F)n1. The van der Waals surface area contributed by atoms with Crippen LogP contribution in [0.3, 0.4) is 0 Å². The zero-order valence-electron chi connectivity index (χ0n) is 8.21. The van der Waals surface area contributed by atoms with Gasteiger partial charge < -0.3 is 5.32 Å². The van der Waals surface area contributed by atoms with Crippen molar-refractivity contribution >= 4 is 5.82 Å². The van der Waals surface area contributed by atoms with Gasteiger partial charge in [-0.1, -0.05) is 6.07 Å². The fourth-order valence-corrected chi connectivity index (χ4v) is 0.858. The van der Waals surface area contributed by atoms with Crippen LogP contribution in [0.1, 0.15) is 13.8 Å². The van der Waals surface area contributed by atoms with Crippen LogP contribution in [0.15, 0.2) is 18.2 Å². The van der Waals surface area contributed by atoms with Gasteiger partial charge in [0.15, 0.2) is 0 Å². The minimum atomic E-state index is -0.523. The summed E-state index contributed by atoms with van der Waals surface area (Å²) in [4.78, 5) is 3.62. The molecule has 1 aromatic heterocycles. The molecule has 3 nitrogen and oxygen atoms in total.